The Morgan fingerprint density at radius 1 is 1.44 bits per heavy atom. The zero-order valence-corrected chi connectivity index (χ0v) is 9.84. The monoisotopic (exact) mass is 220 g/mol. The van der Waals surface area contributed by atoms with Crippen LogP contribution in [0.15, 0.2) is 24.5 Å². The molecule has 0 amide bonds. The first-order chi connectivity index (χ1) is 7.81. The van der Waals surface area contributed by atoms with Crippen molar-refractivity contribution in [2.24, 2.45) is 5.92 Å². The van der Waals surface area contributed by atoms with Crippen molar-refractivity contribution in [3.63, 3.8) is 0 Å². The summed E-state index contributed by atoms with van der Waals surface area (Å²) in [7, 11) is 0. The van der Waals surface area contributed by atoms with Gasteiger partial charge in [-0.3, -0.25) is 9.88 Å². The van der Waals surface area contributed by atoms with E-state index in [2.05, 4.69) is 28.9 Å². The minimum Gasteiger partial charge on any atom is -0.395 e. The van der Waals surface area contributed by atoms with Gasteiger partial charge in [0.05, 0.1) is 6.61 Å². The maximum Gasteiger partial charge on any atom is 0.0589 e. The van der Waals surface area contributed by atoms with E-state index in [4.69, 9.17) is 0 Å². The van der Waals surface area contributed by atoms with Crippen molar-refractivity contribution in [1.29, 1.82) is 0 Å². The van der Waals surface area contributed by atoms with Crippen LogP contribution in [0.25, 0.3) is 0 Å². The predicted octanol–water partition coefficient (Wildman–Crippen LogP) is 1.33. The second-order valence-corrected chi connectivity index (χ2v) is 4.66. The Morgan fingerprint density at radius 2 is 2.19 bits per heavy atom. The number of nitrogens with zero attached hydrogens (tertiary/aromatic N) is 2. The largest absolute Gasteiger partial charge is 0.395 e. The van der Waals surface area contributed by atoms with E-state index < -0.39 is 0 Å². The lowest BCUT2D eigenvalue weighted by atomic mass is 10.0. The molecule has 0 bridgehead atoms. The minimum atomic E-state index is 0.289. The molecule has 1 saturated heterocycles. The van der Waals surface area contributed by atoms with E-state index in [1.165, 1.54) is 12.0 Å². The Hall–Kier alpha value is -0.930. The van der Waals surface area contributed by atoms with Crippen molar-refractivity contribution < 1.29 is 5.11 Å². The fourth-order valence-electron chi connectivity index (χ4n) is 2.48. The van der Waals surface area contributed by atoms with E-state index in [0.29, 0.717) is 12.0 Å². The molecule has 0 saturated carbocycles. The minimum absolute atomic E-state index is 0.289. The fraction of sp³-hybridized carbons (Fsp3) is 0.615. The van der Waals surface area contributed by atoms with Gasteiger partial charge in [-0.15, -0.1) is 0 Å². The van der Waals surface area contributed by atoms with E-state index in [1.807, 2.05) is 12.4 Å². The van der Waals surface area contributed by atoms with E-state index in [0.717, 1.165) is 19.5 Å². The van der Waals surface area contributed by atoms with Crippen LogP contribution >= 0.6 is 0 Å². The second-order valence-electron chi connectivity index (χ2n) is 4.66. The Kier molecular flexibility index (Phi) is 3.91. The first-order valence-corrected chi connectivity index (χ1v) is 6.05. The average molecular weight is 220 g/mol. The fourth-order valence-corrected chi connectivity index (χ4v) is 2.48. The number of aromatic nitrogens is 1. The van der Waals surface area contributed by atoms with Gasteiger partial charge in [0.1, 0.15) is 0 Å². The zero-order valence-electron chi connectivity index (χ0n) is 9.84. The summed E-state index contributed by atoms with van der Waals surface area (Å²) in [4.78, 5) is 6.42. The molecule has 3 heteroatoms. The molecule has 0 radical (unpaired) electrons. The molecule has 0 spiro atoms. The summed E-state index contributed by atoms with van der Waals surface area (Å²) >= 11 is 0. The molecule has 1 aromatic heterocycles. The van der Waals surface area contributed by atoms with Crippen LogP contribution in [0.5, 0.6) is 0 Å². The van der Waals surface area contributed by atoms with Gasteiger partial charge in [0, 0.05) is 25.0 Å². The van der Waals surface area contributed by atoms with Crippen LogP contribution in [-0.4, -0.2) is 40.7 Å². The van der Waals surface area contributed by atoms with Gasteiger partial charge in [-0.05, 0) is 43.0 Å². The number of aliphatic hydroxyl groups is 1. The van der Waals surface area contributed by atoms with Gasteiger partial charge in [0.2, 0.25) is 0 Å². The molecule has 0 aromatic carbocycles. The maximum absolute atomic E-state index is 9.35. The summed E-state index contributed by atoms with van der Waals surface area (Å²) in [6.07, 6.45) is 5.93. The lowest BCUT2D eigenvalue weighted by molar-refractivity contribution is 0.140. The first kappa shape index (κ1) is 11.6. The third kappa shape index (κ3) is 2.60. The van der Waals surface area contributed by atoms with Crippen LogP contribution in [-0.2, 0) is 6.42 Å². The third-order valence-corrected chi connectivity index (χ3v) is 3.62. The highest BCUT2D eigenvalue weighted by atomic mass is 16.3. The highest BCUT2D eigenvalue weighted by Crippen LogP contribution is 2.23. The normalized spacial score (nSPS) is 26.1. The predicted molar refractivity (Wildman–Crippen MR) is 64.2 cm³/mol. The molecular formula is C13H20N2O. The molecule has 16 heavy (non-hydrogen) atoms. The first-order valence-electron chi connectivity index (χ1n) is 6.05. The van der Waals surface area contributed by atoms with Gasteiger partial charge in [0.15, 0.2) is 0 Å². The molecule has 1 fully saturated rings. The standard InChI is InChI=1S/C13H20N2O/c1-11-4-8-15(13(11)10-16)9-5-12-2-6-14-7-3-12/h2-3,6-7,11,13,16H,4-5,8-10H2,1H3. The Morgan fingerprint density at radius 3 is 2.88 bits per heavy atom. The van der Waals surface area contributed by atoms with Crippen LogP contribution in [0, 0.1) is 5.92 Å². The summed E-state index contributed by atoms with van der Waals surface area (Å²) in [6.45, 7) is 4.68. The quantitative estimate of drug-likeness (QED) is 0.831. The number of pyridine rings is 1. The van der Waals surface area contributed by atoms with Crippen molar-refractivity contribution in [3.05, 3.63) is 30.1 Å². The molecule has 88 valence electrons. The van der Waals surface area contributed by atoms with Crippen LogP contribution in [0.1, 0.15) is 18.9 Å². The second kappa shape index (κ2) is 5.41. The third-order valence-electron chi connectivity index (χ3n) is 3.62. The molecule has 1 aliphatic heterocycles. The molecule has 1 aliphatic rings. The van der Waals surface area contributed by atoms with Crippen LogP contribution in [0.4, 0.5) is 0 Å². The molecular weight excluding hydrogens is 200 g/mol. The van der Waals surface area contributed by atoms with E-state index in [-0.39, 0.29) is 6.61 Å². The van der Waals surface area contributed by atoms with Crippen molar-refractivity contribution in [2.75, 3.05) is 19.7 Å². The number of aliphatic hydroxyl groups excluding tert-OH is 1. The van der Waals surface area contributed by atoms with Gasteiger partial charge in [-0.1, -0.05) is 6.92 Å². The average Bonchev–Trinajstić information content (AvgIpc) is 2.68. The lowest BCUT2D eigenvalue weighted by Crippen LogP contribution is -2.36. The maximum atomic E-state index is 9.35. The summed E-state index contributed by atoms with van der Waals surface area (Å²) in [5.41, 5.74) is 1.33. The lowest BCUT2D eigenvalue weighted by Gasteiger charge is -2.24. The molecule has 0 aliphatic carbocycles. The number of hydrogen-bond donors (Lipinski definition) is 1. The number of likely N-dealkylation sites (tertiary alicyclic amines) is 1. The number of hydrogen-bond acceptors (Lipinski definition) is 3. The van der Waals surface area contributed by atoms with E-state index >= 15 is 0 Å². The molecule has 1 N–H and O–H groups in total. The SMILES string of the molecule is CC1CCN(CCc2ccncc2)C1CO. The van der Waals surface area contributed by atoms with E-state index in [9.17, 15) is 5.11 Å². The van der Waals surface area contributed by atoms with Gasteiger partial charge >= 0.3 is 0 Å². The summed E-state index contributed by atoms with van der Waals surface area (Å²) in [6, 6.07) is 4.49. The van der Waals surface area contributed by atoms with Crippen molar-refractivity contribution in [1.82, 2.24) is 9.88 Å². The Labute approximate surface area is 97.1 Å². The van der Waals surface area contributed by atoms with Crippen molar-refractivity contribution >= 4 is 0 Å². The highest BCUT2D eigenvalue weighted by molar-refractivity contribution is 5.10. The van der Waals surface area contributed by atoms with Crippen molar-refractivity contribution in [2.45, 2.75) is 25.8 Å². The van der Waals surface area contributed by atoms with Gasteiger partial charge < -0.3 is 5.11 Å². The molecule has 2 atom stereocenters. The topological polar surface area (TPSA) is 36.4 Å². The zero-order chi connectivity index (χ0) is 11.4. The van der Waals surface area contributed by atoms with Gasteiger partial charge in [-0.25, -0.2) is 0 Å². The molecule has 1 aromatic rings. The van der Waals surface area contributed by atoms with E-state index in [1.54, 1.807) is 0 Å². The summed E-state index contributed by atoms with van der Waals surface area (Å²) < 4.78 is 0. The summed E-state index contributed by atoms with van der Waals surface area (Å²) in [5, 5.41) is 9.35. The molecule has 3 nitrogen and oxygen atoms in total. The Bertz CT molecular complexity index is 315. The Balaban J connectivity index is 1.86. The summed E-state index contributed by atoms with van der Waals surface area (Å²) in [5.74, 6) is 0.627. The molecule has 2 rings (SSSR count). The van der Waals surface area contributed by atoms with Crippen molar-refractivity contribution in [3.8, 4) is 0 Å². The van der Waals surface area contributed by atoms with Gasteiger partial charge in [0.25, 0.3) is 0 Å². The number of rotatable bonds is 4. The van der Waals surface area contributed by atoms with Gasteiger partial charge in [-0.2, -0.15) is 0 Å². The van der Waals surface area contributed by atoms with Crippen LogP contribution in [0.3, 0.4) is 0 Å². The molecule has 2 unspecified atom stereocenters. The molecule has 2 heterocycles. The van der Waals surface area contributed by atoms with Crippen LogP contribution < -0.4 is 0 Å². The smallest absolute Gasteiger partial charge is 0.0589 e. The van der Waals surface area contributed by atoms with Crippen LogP contribution in [0.2, 0.25) is 0 Å². The highest BCUT2D eigenvalue weighted by Gasteiger charge is 2.29.